The van der Waals surface area contributed by atoms with E-state index in [-0.39, 0.29) is 18.5 Å². The second-order valence-corrected chi connectivity index (χ2v) is 23.5. The van der Waals surface area contributed by atoms with Crippen LogP contribution in [0.4, 0.5) is 0 Å². The fourth-order valence-corrected chi connectivity index (χ4v) is 10.9. The minimum absolute atomic E-state index is 0.0213. The van der Waals surface area contributed by atoms with E-state index in [4.69, 9.17) is 4.74 Å². The molecule has 0 radical (unpaired) electrons. The van der Waals surface area contributed by atoms with Gasteiger partial charge >= 0.3 is 5.97 Å². The van der Waals surface area contributed by atoms with Gasteiger partial charge in [0.15, 0.2) is 0 Å². The van der Waals surface area contributed by atoms with Crippen molar-refractivity contribution in [1.29, 1.82) is 0 Å². The quantitative estimate of drug-likeness (QED) is 0.0320. The zero-order valence-electron chi connectivity index (χ0n) is 50.4. The Morgan fingerprint density at radius 2 is 0.635 bits per heavy atom. The summed E-state index contributed by atoms with van der Waals surface area (Å²) in [4.78, 5) is 24.5. The van der Waals surface area contributed by atoms with E-state index in [1.807, 2.05) is 0 Å². The van der Waals surface area contributed by atoms with Crippen LogP contribution >= 0.6 is 0 Å². The molecule has 74 heavy (non-hydrogen) atoms. The van der Waals surface area contributed by atoms with Crippen LogP contribution in [0.15, 0.2) is 12.2 Å². The lowest BCUT2D eigenvalue weighted by Gasteiger charge is -2.22. The van der Waals surface area contributed by atoms with Gasteiger partial charge in [0.25, 0.3) is 0 Å². The van der Waals surface area contributed by atoms with E-state index >= 15 is 0 Å². The molecule has 0 rings (SSSR count). The number of hydrogen-bond donors (Lipinski definition) is 3. The number of ether oxygens (including phenoxy) is 1. The number of rotatable bonds is 64. The highest BCUT2D eigenvalue weighted by Gasteiger charge is 2.20. The molecule has 440 valence electrons. The Morgan fingerprint density at radius 1 is 0.365 bits per heavy atom. The fraction of sp³-hybridized carbons (Fsp3) is 0.941. The molecule has 0 aromatic carbocycles. The number of aliphatic hydroxyl groups excluding tert-OH is 2. The molecule has 6 nitrogen and oxygen atoms in total. The largest absolute Gasteiger partial charge is 0.466 e. The van der Waals surface area contributed by atoms with Gasteiger partial charge in [0.2, 0.25) is 5.91 Å². The average Bonchev–Trinajstić information content (AvgIpc) is 3.40. The summed E-state index contributed by atoms with van der Waals surface area (Å²) in [7, 11) is 0. The maximum Gasteiger partial charge on any atom is 0.305 e. The number of aliphatic hydroxyl groups is 2. The zero-order valence-corrected chi connectivity index (χ0v) is 50.4. The molecule has 0 saturated carbocycles. The van der Waals surface area contributed by atoms with Crippen molar-refractivity contribution in [2.45, 2.75) is 398 Å². The first kappa shape index (κ1) is 72.6. The Kier molecular flexibility index (Phi) is 62.9. The van der Waals surface area contributed by atoms with Crippen molar-refractivity contribution < 1.29 is 24.5 Å². The number of hydrogen-bond acceptors (Lipinski definition) is 5. The molecular formula is C68H133NO5. The number of esters is 1. The van der Waals surface area contributed by atoms with E-state index in [0.29, 0.717) is 25.9 Å². The van der Waals surface area contributed by atoms with Gasteiger partial charge in [-0.2, -0.15) is 0 Å². The standard InChI is InChI=1S/C68H133NO5/c1-3-5-7-9-11-13-15-16-34-38-42-46-50-54-58-62-68(73)74-63-59-55-51-47-43-39-36-33-31-29-27-25-23-21-19-17-18-20-22-24-26-28-30-32-35-37-41-45-49-53-57-61-67(72)69-65(64-70)66(71)60-56-52-48-44-40-14-12-10-8-6-4-2/h19,21,65-66,70-71H,3-18,20,22-64H2,1-2H3,(H,69,72)/b21-19-. The van der Waals surface area contributed by atoms with Crippen LogP contribution in [0, 0.1) is 0 Å². The topological polar surface area (TPSA) is 95.9 Å². The third-order valence-electron chi connectivity index (χ3n) is 16.1. The van der Waals surface area contributed by atoms with Gasteiger partial charge in [-0.3, -0.25) is 9.59 Å². The molecule has 0 fully saturated rings. The molecule has 0 aliphatic heterocycles. The van der Waals surface area contributed by atoms with Crippen LogP contribution in [0.3, 0.4) is 0 Å². The summed E-state index contributed by atoms with van der Waals surface area (Å²) in [6.07, 6.45) is 78.3. The van der Waals surface area contributed by atoms with Crippen LogP contribution in [0.1, 0.15) is 386 Å². The monoisotopic (exact) mass is 1040 g/mol. The van der Waals surface area contributed by atoms with E-state index in [0.717, 1.165) is 38.5 Å². The molecule has 0 aromatic rings. The molecule has 0 bridgehead atoms. The van der Waals surface area contributed by atoms with E-state index in [1.165, 1.54) is 315 Å². The summed E-state index contributed by atoms with van der Waals surface area (Å²) < 4.78 is 5.50. The van der Waals surface area contributed by atoms with E-state index in [1.54, 1.807) is 0 Å². The zero-order chi connectivity index (χ0) is 53.6. The van der Waals surface area contributed by atoms with E-state index in [9.17, 15) is 19.8 Å². The molecule has 0 spiro atoms. The van der Waals surface area contributed by atoms with Crippen molar-refractivity contribution >= 4 is 11.9 Å². The Bertz CT molecular complexity index is 1110. The Hall–Kier alpha value is -1.40. The van der Waals surface area contributed by atoms with Gasteiger partial charge < -0.3 is 20.3 Å². The average molecular weight is 1040 g/mol. The molecule has 0 saturated heterocycles. The maximum atomic E-state index is 12.5. The van der Waals surface area contributed by atoms with Crippen molar-refractivity contribution in [3.05, 3.63) is 12.2 Å². The number of nitrogens with one attached hydrogen (secondary N) is 1. The van der Waals surface area contributed by atoms with Gasteiger partial charge in [-0.25, -0.2) is 0 Å². The molecule has 3 N–H and O–H groups in total. The normalized spacial score (nSPS) is 12.5. The summed E-state index contributed by atoms with van der Waals surface area (Å²) in [6.45, 7) is 4.98. The molecule has 0 aliphatic carbocycles. The SMILES string of the molecule is CCCCCCCCCCCCCCCCCC(=O)OCCCCCCCCCCCCCC/C=C\CCCCCCCCCCCCCCCCCC(=O)NC(CO)C(O)CCCCCCCCCCCCC. The summed E-state index contributed by atoms with van der Waals surface area (Å²) >= 11 is 0. The molecule has 0 aromatic heterocycles. The lowest BCUT2D eigenvalue weighted by Crippen LogP contribution is -2.45. The second-order valence-electron chi connectivity index (χ2n) is 23.5. The molecule has 2 unspecified atom stereocenters. The minimum Gasteiger partial charge on any atom is -0.466 e. The summed E-state index contributed by atoms with van der Waals surface area (Å²) in [5.74, 6) is -0.0105. The lowest BCUT2D eigenvalue weighted by molar-refractivity contribution is -0.143. The van der Waals surface area contributed by atoms with Gasteiger partial charge in [-0.15, -0.1) is 0 Å². The third kappa shape index (κ3) is 59.8. The first-order valence-electron chi connectivity index (χ1n) is 33.9. The number of allylic oxidation sites excluding steroid dienone is 2. The van der Waals surface area contributed by atoms with Crippen molar-refractivity contribution in [2.24, 2.45) is 0 Å². The van der Waals surface area contributed by atoms with Crippen LogP contribution in [0.5, 0.6) is 0 Å². The summed E-state index contributed by atoms with van der Waals surface area (Å²) in [5, 5.41) is 23.2. The van der Waals surface area contributed by atoms with Crippen molar-refractivity contribution in [2.75, 3.05) is 13.2 Å². The number of carbonyl (C=O) groups is 2. The van der Waals surface area contributed by atoms with Crippen LogP contribution in [-0.4, -0.2) is 47.4 Å². The van der Waals surface area contributed by atoms with Crippen molar-refractivity contribution in [3.63, 3.8) is 0 Å². The fourth-order valence-electron chi connectivity index (χ4n) is 10.9. The predicted octanol–water partition coefficient (Wildman–Crippen LogP) is 21.6. The first-order chi connectivity index (χ1) is 36.5. The van der Waals surface area contributed by atoms with Crippen LogP contribution in [-0.2, 0) is 14.3 Å². The Balaban J connectivity index is 3.32. The Labute approximate surface area is 463 Å². The molecule has 0 heterocycles. The van der Waals surface area contributed by atoms with Gasteiger partial charge in [-0.1, -0.05) is 334 Å². The molecular weight excluding hydrogens is 911 g/mol. The molecule has 6 heteroatoms. The number of carbonyl (C=O) groups excluding carboxylic acids is 2. The molecule has 0 aliphatic rings. The van der Waals surface area contributed by atoms with Gasteiger partial charge in [0.1, 0.15) is 0 Å². The molecule has 2 atom stereocenters. The lowest BCUT2D eigenvalue weighted by atomic mass is 10.0. The smallest absolute Gasteiger partial charge is 0.305 e. The summed E-state index contributed by atoms with van der Waals surface area (Å²) in [5.41, 5.74) is 0. The van der Waals surface area contributed by atoms with Gasteiger partial charge in [0, 0.05) is 12.8 Å². The predicted molar refractivity (Wildman–Crippen MR) is 324 cm³/mol. The highest BCUT2D eigenvalue weighted by atomic mass is 16.5. The van der Waals surface area contributed by atoms with E-state index in [2.05, 4.69) is 31.3 Å². The molecule has 1 amide bonds. The minimum atomic E-state index is -0.660. The van der Waals surface area contributed by atoms with Crippen molar-refractivity contribution in [1.82, 2.24) is 5.32 Å². The first-order valence-corrected chi connectivity index (χ1v) is 33.9. The van der Waals surface area contributed by atoms with Crippen LogP contribution in [0.2, 0.25) is 0 Å². The highest BCUT2D eigenvalue weighted by molar-refractivity contribution is 5.76. The second kappa shape index (κ2) is 64.1. The summed E-state index contributed by atoms with van der Waals surface area (Å²) in [6, 6.07) is -0.537. The van der Waals surface area contributed by atoms with Crippen molar-refractivity contribution in [3.8, 4) is 0 Å². The van der Waals surface area contributed by atoms with Gasteiger partial charge in [0.05, 0.1) is 25.4 Å². The number of unbranched alkanes of at least 4 members (excludes halogenated alkanes) is 51. The third-order valence-corrected chi connectivity index (χ3v) is 16.1. The van der Waals surface area contributed by atoms with Gasteiger partial charge in [-0.05, 0) is 51.4 Å². The Morgan fingerprint density at radius 3 is 0.959 bits per heavy atom. The highest BCUT2D eigenvalue weighted by Crippen LogP contribution is 2.19. The van der Waals surface area contributed by atoms with E-state index < -0.39 is 12.1 Å². The number of amides is 1. The van der Waals surface area contributed by atoms with Crippen LogP contribution < -0.4 is 5.32 Å². The maximum absolute atomic E-state index is 12.5. The van der Waals surface area contributed by atoms with Crippen LogP contribution in [0.25, 0.3) is 0 Å².